The number of carbonyl (C=O) groups excluding carboxylic acids is 1. The van der Waals surface area contributed by atoms with Gasteiger partial charge < -0.3 is 4.74 Å². The Labute approximate surface area is 143 Å². The summed E-state index contributed by atoms with van der Waals surface area (Å²) in [5.41, 5.74) is 3.59. The first-order chi connectivity index (χ1) is 11.5. The average Bonchev–Trinajstić information content (AvgIpc) is 2.58. The van der Waals surface area contributed by atoms with E-state index in [0.29, 0.717) is 22.6 Å². The summed E-state index contributed by atoms with van der Waals surface area (Å²) in [5.74, 6) is -0.636. The molecule has 0 saturated heterocycles. The molecule has 0 heterocycles. The number of hydrazone groups is 1. The first-order valence-electron chi connectivity index (χ1n) is 6.91. The maximum atomic E-state index is 13.0. The summed E-state index contributed by atoms with van der Waals surface area (Å²) in [6.45, 7) is 1.33. The minimum Gasteiger partial charge on any atom is -0.482 e. The third-order valence-corrected chi connectivity index (χ3v) is 3.35. The molecule has 2 aromatic carbocycles. The molecule has 0 aromatic heterocycles. The molecule has 7 heteroatoms. The number of benzene rings is 2. The van der Waals surface area contributed by atoms with Crippen LogP contribution in [0.3, 0.4) is 0 Å². The Morgan fingerprint density at radius 2 is 2.12 bits per heavy atom. The van der Waals surface area contributed by atoms with Crippen LogP contribution in [0.15, 0.2) is 47.6 Å². The Morgan fingerprint density at radius 3 is 2.83 bits per heavy atom. The second-order valence-electron chi connectivity index (χ2n) is 4.75. The standard InChI is InChI=1S/C17H13ClFN3O2/c1-11(14-7-6-13(19)8-15(14)18)21-22-17(23)10-24-16-5-3-2-4-12(16)9-20/h2-8H,10H2,1H3,(H,22,23)/b21-11-. The second-order valence-corrected chi connectivity index (χ2v) is 5.16. The van der Waals surface area contributed by atoms with Crippen molar-refractivity contribution < 1.29 is 13.9 Å². The predicted molar refractivity (Wildman–Crippen MR) is 88.4 cm³/mol. The zero-order valence-electron chi connectivity index (χ0n) is 12.7. The quantitative estimate of drug-likeness (QED) is 0.667. The van der Waals surface area contributed by atoms with Crippen molar-refractivity contribution in [2.24, 2.45) is 5.10 Å². The van der Waals surface area contributed by atoms with Gasteiger partial charge in [-0.3, -0.25) is 4.79 Å². The maximum absolute atomic E-state index is 13.0. The molecule has 0 saturated carbocycles. The van der Waals surface area contributed by atoms with Crippen LogP contribution in [-0.4, -0.2) is 18.2 Å². The molecule has 0 unspecified atom stereocenters. The number of nitriles is 1. The van der Waals surface area contributed by atoms with Gasteiger partial charge in [0.2, 0.25) is 0 Å². The van der Waals surface area contributed by atoms with E-state index in [1.807, 2.05) is 6.07 Å². The lowest BCUT2D eigenvalue weighted by Gasteiger charge is -2.07. The molecule has 1 amide bonds. The first-order valence-corrected chi connectivity index (χ1v) is 7.29. The van der Waals surface area contributed by atoms with Crippen molar-refractivity contribution in [1.82, 2.24) is 5.43 Å². The molecular formula is C17H13ClFN3O2. The van der Waals surface area contributed by atoms with Gasteiger partial charge in [-0.2, -0.15) is 10.4 Å². The number of nitrogens with one attached hydrogen (secondary N) is 1. The van der Waals surface area contributed by atoms with Gasteiger partial charge in [0.1, 0.15) is 17.6 Å². The summed E-state index contributed by atoms with van der Waals surface area (Å²) in [4.78, 5) is 11.8. The topological polar surface area (TPSA) is 74.5 Å². The van der Waals surface area contributed by atoms with E-state index < -0.39 is 11.7 Å². The fourth-order valence-electron chi connectivity index (χ4n) is 1.85. The van der Waals surface area contributed by atoms with Crippen molar-refractivity contribution in [2.45, 2.75) is 6.92 Å². The Bertz CT molecular complexity index is 831. The van der Waals surface area contributed by atoms with Crippen molar-refractivity contribution >= 4 is 23.2 Å². The highest BCUT2D eigenvalue weighted by Crippen LogP contribution is 2.18. The second kappa shape index (κ2) is 8.09. The van der Waals surface area contributed by atoms with Gasteiger partial charge in [0.15, 0.2) is 6.61 Å². The summed E-state index contributed by atoms with van der Waals surface area (Å²) in [6, 6.07) is 12.5. The van der Waals surface area contributed by atoms with E-state index in [9.17, 15) is 9.18 Å². The first kappa shape index (κ1) is 17.4. The summed E-state index contributed by atoms with van der Waals surface area (Å²) in [6.07, 6.45) is 0. The molecule has 1 N–H and O–H groups in total. The molecule has 24 heavy (non-hydrogen) atoms. The number of amides is 1. The van der Waals surface area contributed by atoms with E-state index in [1.54, 1.807) is 31.2 Å². The number of carbonyl (C=O) groups is 1. The van der Waals surface area contributed by atoms with E-state index in [-0.39, 0.29) is 11.6 Å². The zero-order valence-corrected chi connectivity index (χ0v) is 13.5. The molecule has 5 nitrogen and oxygen atoms in total. The Morgan fingerprint density at radius 1 is 1.38 bits per heavy atom. The maximum Gasteiger partial charge on any atom is 0.277 e. The molecule has 0 aliphatic heterocycles. The number of rotatable bonds is 5. The van der Waals surface area contributed by atoms with Crippen LogP contribution < -0.4 is 10.2 Å². The van der Waals surface area contributed by atoms with Crippen molar-refractivity contribution in [2.75, 3.05) is 6.61 Å². The number of hydrogen-bond donors (Lipinski definition) is 1. The minimum absolute atomic E-state index is 0.199. The third kappa shape index (κ3) is 4.54. The molecule has 2 aromatic rings. The summed E-state index contributed by atoms with van der Waals surface area (Å²) >= 11 is 5.93. The van der Waals surface area contributed by atoms with Crippen LogP contribution in [-0.2, 0) is 4.79 Å². The molecule has 2 rings (SSSR count). The monoisotopic (exact) mass is 345 g/mol. The highest BCUT2D eigenvalue weighted by molar-refractivity contribution is 6.34. The van der Waals surface area contributed by atoms with E-state index in [2.05, 4.69) is 10.5 Å². The van der Waals surface area contributed by atoms with Gasteiger partial charge >= 0.3 is 0 Å². The van der Waals surface area contributed by atoms with Crippen molar-refractivity contribution in [3.8, 4) is 11.8 Å². The number of nitrogens with zero attached hydrogens (tertiary/aromatic N) is 2. The fourth-order valence-corrected chi connectivity index (χ4v) is 2.15. The van der Waals surface area contributed by atoms with Gasteiger partial charge in [-0.05, 0) is 37.3 Å². The highest BCUT2D eigenvalue weighted by atomic mass is 35.5. The number of para-hydroxylation sites is 1. The Hall–Kier alpha value is -2.91. The lowest BCUT2D eigenvalue weighted by molar-refractivity contribution is -0.123. The van der Waals surface area contributed by atoms with Gasteiger partial charge in [0, 0.05) is 5.56 Å². The van der Waals surface area contributed by atoms with Crippen LogP contribution in [0.5, 0.6) is 5.75 Å². The SMILES string of the molecule is C/C(=N/NC(=O)COc1ccccc1C#N)c1ccc(F)cc1Cl. The molecule has 0 radical (unpaired) electrons. The molecule has 0 bridgehead atoms. The molecule has 122 valence electrons. The van der Waals surface area contributed by atoms with Gasteiger partial charge in [0.05, 0.1) is 16.3 Å². The summed E-state index contributed by atoms with van der Waals surface area (Å²) in [5, 5.41) is 13.0. The third-order valence-electron chi connectivity index (χ3n) is 3.04. The van der Waals surface area contributed by atoms with Crippen LogP contribution in [0.25, 0.3) is 0 Å². The van der Waals surface area contributed by atoms with Gasteiger partial charge in [-0.25, -0.2) is 9.82 Å². The smallest absolute Gasteiger partial charge is 0.277 e. The van der Waals surface area contributed by atoms with E-state index >= 15 is 0 Å². The highest BCUT2D eigenvalue weighted by Gasteiger charge is 2.08. The fraction of sp³-hybridized carbons (Fsp3) is 0.118. The average molecular weight is 346 g/mol. The van der Waals surface area contributed by atoms with Crippen LogP contribution in [0.2, 0.25) is 5.02 Å². The number of hydrogen-bond acceptors (Lipinski definition) is 4. The van der Waals surface area contributed by atoms with Crippen LogP contribution in [0.4, 0.5) is 4.39 Å². The number of halogens is 2. The minimum atomic E-state index is -0.500. The normalized spacial score (nSPS) is 10.8. The molecule has 0 aliphatic carbocycles. The predicted octanol–water partition coefficient (Wildman–Crippen LogP) is 3.27. The Kier molecular flexibility index (Phi) is 5.88. The van der Waals surface area contributed by atoms with Crippen molar-refractivity contribution in [1.29, 1.82) is 5.26 Å². The molecule has 0 spiro atoms. The lowest BCUT2D eigenvalue weighted by Crippen LogP contribution is -2.25. The molecule has 0 fully saturated rings. The lowest BCUT2D eigenvalue weighted by atomic mass is 10.1. The van der Waals surface area contributed by atoms with Crippen molar-refractivity contribution in [3.05, 3.63) is 64.4 Å². The van der Waals surface area contributed by atoms with Crippen molar-refractivity contribution in [3.63, 3.8) is 0 Å². The molecule has 0 aliphatic rings. The Balaban J connectivity index is 1.96. The number of ether oxygens (including phenoxy) is 1. The van der Waals surface area contributed by atoms with E-state index in [4.69, 9.17) is 21.6 Å². The van der Waals surface area contributed by atoms with Crippen LogP contribution in [0, 0.1) is 17.1 Å². The van der Waals surface area contributed by atoms with Gasteiger partial charge in [0.25, 0.3) is 5.91 Å². The van der Waals surface area contributed by atoms with E-state index in [1.165, 1.54) is 18.2 Å². The molecule has 0 atom stereocenters. The summed E-state index contributed by atoms with van der Waals surface area (Å²) < 4.78 is 18.3. The van der Waals surface area contributed by atoms with Gasteiger partial charge in [-0.15, -0.1) is 0 Å². The largest absolute Gasteiger partial charge is 0.482 e. The van der Waals surface area contributed by atoms with Crippen LogP contribution in [0.1, 0.15) is 18.1 Å². The van der Waals surface area contributed by atoms with Crippen LogP contribution >= 0.6 is 11.6 Å². The zero-order chi connectivity index (χ0) is 17.5. The summed E-state index contributed by atoms with van der Waals surface area (Å²) in [7, 11) is 0. The van der Waals surface area contributed by atoms with E-state index in [0.717, 1.165) is 0 Å². The van der Waals surface area contributed by atoms with Gasteiger partial charge in [-0.1, -0.05) is 23.7 Å². The molecular weight excluding hydrogens is 333 g/mol.